The largest absolute Gasteiger partial charge is 0.496 e. The Morgan fingerprint density at radius 1 is 1.00 bits per heavy atom. The van der Waals surface area contributed by atoms with E-state index in [0.717, 1.165) is 25.9 Å². The number of rotatable bonds is 6. The highest BCUT2D eigenvalue weighted by Gasteiger charge is 2.15. The second-order valence-corrected chi connectivity index (χ2v) is 7.55. The van der Waals surface area contributed by atoms with Gasteiger partial charge >= 0.3 is 0 Å². The number of likely N-dealkylation sites (tertiary alicyclic amines) is 1. The van der Waals surface area contributed by atoms with Crippen LogP contribution in [0.5, 0.6) is 5.75 Å². The molecule has 29 heavy (non-hydrogen) atoms. The number of benzene rings is 2. The fraction of sp³-hybridized carbons (Fsp3) is 0.364. The quantitative estimate of drug-likeness (QED) is 0.732. The van der Waals surface area contributed by atoms with Crippen LogP contribution in [0, 0.1) is 0 Å². The molecule has 0 aromatic heterocycles. The average molecular weight is 416 g/mol. The lowest BCUT2D eigenvalue weighted by molar-refractivity contribution is -0.117. The van der Waals surface area contributed by atoms with Gasteiger partial charge in [0.25, 0.3) is 5.91 Å². The second kappa shape index (κ2) is 10.3. The maximum Gasteiger partial charge on any atom is 0.259 e. The van der Waals surface area contributed by atoms with Gasteiger partial charge < -0.3 is 15.4 Å². The summed E-state index contributed by atoms with van der Waals surface area (Å²) < 4.78 is 5.24. The lowest BCUT2D eigenvalue weighted by atomic mass is 10.1. The van der Waals surface area contributed by atoms with Gasteiger partial charge in [0.1, 0.15) is 5.75 Å². The highest BCUT2D eigenvalue weighted by Crippen LogP contribution is 2.24. The van der Waals surface area contributed by atoms with Crippen molar-refractivity contribution in [1.82, 2.24) is 4.90 Å². The number of methoxy groups -OCH3 is 1. The van der Waals surface area contributed by atoms with Crippen molar-refractivity contribution in [2.45, 2.75) is 25.7 Å². The van der Waals surface area contributed by atoms with E-state index < -0.39 is 0 Å². The molecule has 0 saturated carbocycles. The minimum atomic E-state index is -0.313. The van der Waals surface area contributed by atoms with Gasteiger partial charge in [-0.15, -0.1) is 0 Å². The third-order valence-corrected chi connectivity index (χ3v) is 5.11. The van der Waals surface area contributed by atoms with Gasteiger partial charge in [0.15, 0.2) is 0 Å². The molecule has 0 atom stereocenters. The number of hydrogen-bond donors (Lipinski definition) is 2. The summed E-state index contributed by atoms with van der Waals surface area (Å²) in [6.07, 6.45) is 4.75. The molecule has 3 rings (SSSR count). The molecule has 0 unspecified atom stereocenters. The number of amides is 2. The van der Waals surface area contributed by atoms with Crippen molar-refractivity contribution in [3.05, 3.63) is 53.1 Å². The van der Waals surface area contributed by atoms with E-state index in [4.69, 9.17) is 16.3 Å². The third-order valence-electron chi connectivity index (χ3n) is 4.88. The summed E-state index contributed by atoms with van der Waals surface area (Å²) in [5.74, 6) is 0.0400. The number of anilines is 2. The molecule has 1 aliphatic heterocycles. The SMILES string of the molecule is COc1cc(Cl)ccc1C(=O)Nc1cccc(NC(=O)CN2CCCCCC2)c1. The van der Waals surface area contributed by atoms with E-state index in [1.54, 1.807) is 42.5 Å². The molecule has 0 bridgehead atoms. The highest BCUT2D eigenvalue weighted by molar-refractivity contribution is 6.31. The van der Waals surface area contributed by atoms with E-state index in [1.807, 2.05) is 0 Å². The lowest BCUT2D eigenvalue weighted by Crippen LogP contribution is -2.33. The van der Waals surface area contributed by atoms with E-state index >= 15 is 0 Å². The van der Waals surface area contributed by atoms with Gasteiger partial charge in [-0.05, 0) is 62.3 Å². The standard InChI is InChI=1S/C22H26ClN3O3/c1-29-20-13-16(23)9-10-19(20)22(28)25-18-8-6-7-17(14-18)24-21(27)15-26-11-4-2-3-5-12-26/h6-10,13-14H,2-5,11-12,15H2,1H3,(H,24,27)(H,25,28). The highest BCUT2D eigenvalue weighted by atomic mass is 35.5. The zero-order valence-electron chi connectivity index (χ0n) is 16.5. The Labute approximate surface area is 176 Å². The fourth-order valence-electron chi connectivity index (χ4n) is 3.42. The van der Waals surface area contributed by atoms with E-state index in [1.165, 1.54) is 20.0 Å². The van der Waals surface area contributed by atoms with Crippen molar-refractivity contribution >= 4 is 34.8 Å². The van der Waals surface area contributed by atoms with Gasteiger partial charge in [-0.1, -0.05) is 30.5 Å². The average Bonchev–Trinajstić information content (AvgIpc) is 2.96. The van der Waals surface area contributed by atoms with Crippen LogP contribution in [-0.4, -0.2) is 43.5 Å². The topological polar surface area (TPSA) is 70.7 Å². The van der Waals surface area contributed by atoms with Crippen molar-refractivity contribution in [2.24, 2.45) is 0 Å². The zero-order valence-corrected chi connectivity index (χ0v) is 17.3. The molecule has 1 aliphatic rings. The predicted octanol–water partition coefficient (Wildman–Crippen LogP) is 4.42. The number of ether oxygens (including phenoxy) is 1. The molecule has 7 heteroatoms. The van der Waals surface area contributed by atoms with Crippen LogP contribution in [-0.2, 0) is 4.79 Å². The Hall–Kier alpha value is -2.57. The van der Waals surface area contributed by atoms with Crippen LogP contribution in [0.4, 0.5) is 11.4 Å². The van der Waals surface area contributed by atoms with Crippen LogP contribution < -0.4 is 15.4 Å². The van der Waals surface area contributed by atoms with Crippen molar-refractivity contribution in [2.75, 3.05) is 37.4 Å². The zero-order chi connectivity index (χ0) is 20.6. The number of hydrogen-bond acceptors (Lipinski definition) is 4. The fourth-order valence-corrected chi connectivity index (χ4v) is 3.59. The van der Waals surface area contributed by atoms with E-state index in [0.29, 0.717) is 34.3 Å². The smallest absolute Gasteiger partial charge is 0.259 e. The molecular weight excluding hydrogens is 390 g/mol. The van der Waals surface area contributed by atoms with Crippen LogP contribution in [0.1, 0.15) is 36.0 Å². The Bertz CT molecular complexity index is 864. The molecule has 1 heterocycles. The molecular formula is C22H26ClN3O3. The maximum atomic E-state index is 12.6. The van der Waals surface area contributed by atoms with Crippen molar-refractivity contribution < 1.29 is 14.3 Å². The third kappa shape index (κ3) is 6.21. The van der Waals surface area contributed by atoms with Crippen molar-refractivity contribution in [1.29, 1.82) is 0 Å². The molecule has 1 saturated heterocycles. The van der Waals surface area contributed by atoms with Gasteiger partial charge in [0.05, 0.1) is 19.2 Å². The van der Waals surface area contributed by atoms with Crippen LogP contribution in [0.15, 0.2) is 42.5 Å². The van der Waals surface area contributed by atoms with Crippen molar-refractivity contribution in [3.63, 3.8) is 0 Å². The first-order valence-corrected chi connectivity index (χ1v) is 10.2. The lowest BCUT2D eigenvalue weighted by Gasteiger charge is -2.19. The van der Waals surface area contributed by atoms with Crippen LogP contribution >= 0.6 is 11.6 Å². The number of carbonyl (C=O) groups excluding carboxylic acids is 2. The number of nitrogens with one attached hydrogen (secondary N) is 2. The Morgan fingerprint density at radius 3 is 2.38 bits per heavy atom. The molecule has 1 fully saturated rings. The van der Waals surface area contributed by atoms with Gasteiger partial charge in [0, 0.05) is 16.4 Å². The molecule has 2 aromatic rings. The normalized spacial score (nSPS) is 14.7. The first kappa shape index (κ1) is 21.1. The number of nitrogens with zero attached hydrogens (tertiary/aromatic N) is 1. The summed E-state index contributed by atoms with van der Waals surface area (Å²) in [7, 11) is 1.49. The van der Waals surface area contributed by atoms with Gasteiger partial charge in [-0.25, -0.2) is 0 Å². The molecule has 0 radical (unpaired) electrons. The Kier molecular flexibility index (Phi) is 7.49. The van der Waals surface area contributed by atoms with Gasteiger partial charge in [-0.2, -0.15) is 0 Å². The summed E-state index contributed by atoms with van der Waals surface area (Å²) in [5, 5.41) is 6.24. The number of halogens is 1. The summed E-state index contributed by atoms with van der Waals surface area (Å²) in [6.45, 7) is 2.32. The first-order valence-electron chi connectivity index (χ1n) is 9.82. The molecule has 2 aromatic carbocycles. The van der Waals surface area contributed by atoms with Crippen LogP contribution in [0.3, 0.4) is 0 Å². The molecule has 2 N–H and O–H groups in total. The molecule has 0 spiro atoms. The van der Waals surface area contributed by atoms with E-state index in [9.17, 15) is 9.59 Å². The minimum absolute atomic E-state index is 0.0465. The summed E-state index contributed by atoms with van der Waals surface area (Å²) in [5.41, 5.74) is 1.61. The minimum Gasteiger partial charge on any atom is -0.496 e. The summed E-state index contributed by atoms with van der Waals surface area (Å²) in [6, 6.07) is 11.9. The Morgan fingerprint density at radius 2 is 1.69 bits per heavy atom. The molecule has 6 nitrogen and oxygen atoms in total. The maximum absolute atomic E-state index is 12.6. The Balaban J connectivity index is 1.62. The predicted molar refractivity (Wildman–Crippen MR) is 116 cm³/mol. The second-order valence-electron chi connectivity index (χ2n) is 7.12. The van der Waals surface area contributed by atoms with Crippen molar-refractivity contribution in [3.8, 4) is 5.75 Å². The molecule has 154 valence electrons. The van der Waals surface area contributed by atoms with Crippen LogP contribution in [0.25, 0.3) is 0 Å². The van der Waals surface area contributed by atoms with Gasteiger partial charge in [0.2, 0.25) is 5.91 Å². The van der Waals surface area contributed by atoms with Crippen LogP contribution in [0.2, 0.25) is 5.02 Å². The number of carbonyl (C=O) groups is 2. The first-order chi connectivity index (χ1) is 14.0. The van der Waals surface area contributed by atoms with E-state index in [2.05, 4.69) is 15.5 Å². The molecule has 2 amide bonds. The summed E-state index contributed by atoms with van der Waals surface area (Å²) in [4.78, 5) is 27.2. The van der Waals surface area contributed by atoms with Gasteiger partial charge in [-0.3, -0.25) is 14.5 Å². The van der Waals surface area contributed by atoms with E-state index in [-0.39, 0.29) is 11.8 Å². The summed E-state index contributed by atoms with van der Waals surface area (Å²) >= 11 is 5.95. The monoisotopic (exact) mass is 415 g/mol. The molecule has 0 aliphatic carbocycles.